The monoisotopic (exact) mass is 408 g/mol. The lowest BCUT2D eigenvalue weighted by atomic mass is 9.95. The summed E-state index contributed by atoms with van der Waals surface area (Å²) in [6, 6.07) is 7.61. The number of carbonyl (C=O) groups is 1. The van der Waals surface area contributed by atoms with Gasteiger partial charge in [-0.25, -0.2) is 12.7 Å². The van der Waals surface area contributed by atoms with Gasteiger partial charge in [-0.3, -0.25) is 4.79 Å². The number of nitrogens with zero attached hydrogens (tertiary/aromatic N) is 1. The molecule has 0 spiro atoms. The van der Waals surface area contributed by atoms with E-state index in [-0.39, 0.29) is 17.6 Å². The highest BCUT2D eigenvalue weighted by atomic mass is 32.2. The van der Waals surface area contributed by atoms with Crippen molar-refractivity contribution in [2.75, 3.05) is 19.6 Å². The third kappa shape index (κ3) is 6.89. The summed E-state index contributed by atoms with van der Waals surface area (Å²) in [7, 11) is -3.34. The summed E-state index contributed by atoms with van der Waals surface area (Å²) in [5.74, 6) is 0.582. The largest absolute Gasteiger partial charge is 0.356 e. The van der Waals surface area contributed by atoms with E-state index in [0.29, 0.717) is 31.8 Å². The summed E-state index contributed by atoms with van der Waals surface area (Å²) in [5, 5.41) is 3.10. The van der Waals surface area contributed by atoms with Gasteiger partial charge in [-0.15, -0.1) is 0 Å². The molecule has 1 fully saturated rings. The van der Waals surface area contributed by atoms with Crippen molar-refractivity contribution in [2.45, 2.75) is 65.0 Å². The third-order valence-corrected chi connectivity index (χ3v) is 7.65. The number of sulfonamides is 1. The predicted molar refractivity (Wildman–Crippen MR) is 114 cm³/mol. The first-order chi connectivity index (χ1) is 13.4. The summed E-state index contributed by atoms with van der Waals surface area (Å²) >= 11 is 0. The Morgan fingerprint density at radius 2 is 1.82 bits per heavy atom. The molecule has 0 radical (unpaired) electrons. The molecule has 1 amide bonds. The minimum atomic E-state index is -3.34. The fraction of sp³-hybridized carbons (Fsp3) is 0.682. The Labute approximate surface area is 170 Å². The Hall–Kier alpha value is -1.40. The van der Waals surface area contributed by atoms with E-state index in [4.69, 9.17) is 0 Å². The van der Waals surface area contributed by atoms with Gasteiger partial charge in [0.15, 0.2) is 0 Å². The summed E-state index contributed by atoms with van der Waals surface area (Å²) in [6.45, 7) is 7.94. The topological polar surface area (TPSA) is 66.5 Å². The van der Waals surface area contributed by atoms with Crippen LogP contribution >= 0.6 is 0 Å². The quantitative estimate of drug-likeness (QED) is 0.639. The number of nitrogens with one attached hydrogen (secondary N) is 1. The minimum absolute atomic E-state index is 0.0275. The van der Waals surface area contributed by atoms with Crippen molar-refractivity contribution in [3.05, 3.63) is 35.4 Å². The van der Waals surface area contributed by atoms with Gasteiger partial charge in [0.25, 0.3) is 0 Å². The van der Waals surface area contributed by atoms with Gasteiger partial charge in [0, 0.05) is 25.6 Å². The van der Waals surface area contributed by atoms with Crippen LogP contribution in [0.25, 0.3) is 0 Å². The standard InChI is InChI=1S/C22H36N2O3S/c1-4-6-7-19(5-2)16-23-22(25)21-12-14-24(15-13-21)28(26,27)17-20-10-8-18(3)9-11-20/h8-11,19,21H,4-7,12-17H2,1-3H3,(H,23,25)/t19-/m1/s1. The van der Waals surface area contributed by atoms with Crippen LogP contribution in [0.3, 0.4) is 0 Å². The average molecular weight is 409 g/mol. The van der Waals surface area contributed by atoms with Crippen molar-refractivity contribution >= 4 is 15.9 Å². The Morgan fingerprint density at radius 3 is 2.39 bits per heavy atom. The number of unbranched alkanes of at least 4 members (excludes halogenated alkanes) is 1. The van der Waals surface area contributed by atoms with Gasteiger partial charge >= 0.3 is 0 Å². The second-order valence-electron chi connectivity index (χ2n) is 8.08. The molecule has 1 saturated heterocycles. The van der Waals surface area contributed by atoms with E-state index in [1.165, 1.54) is 12.8 Å². The number of aryl methyl sites for hydroxylation is 1. The number of piperidine rings is 1. The molecule has 1 atom stereocenters. The highest BCUT2D eigenvalue weighted by Crippen LogP contribution is 2.22. The molecule has 1 aromatic rings. The van der Waals surface area contributed by atoms with Crippen LogP contribution in [0.1, 0.15) is 63.5 Å². The maximum Gasteiger partial charge on any atom is 0.223 e. The zero-order valence-corrected chi connectivity index (χ0v) is 18.4. The first-order valence-electron chi connectivity index (χ1n) is 10.7. The molecule has 158 valence electrons. The van der Waals surface area contributed by atoms with E-state index in [1.54, 1.807) is 4.31 Å². The number of hydrogen-bond donors (Lipinski definition) is 1. The smallest absolute Gasteiger partial charge is 0.223 e. The molecule has 0 aromatic heterocycles. The molecule has 5 nitrogen and oxygen atoms in total. The summed E-state index contributed by atoms with van der Waals surface area (Å²) < 4.78 is 26.9. The minimum Gasteiger partial charge on any atom is -0.356 e. The fourth-order valence-electron chi connectivity index (χ4n) is 3.71. The van der Waals surface area contributed by atoms with Gasteiger partial charge in [0.2, 0.25) is 15.9 Å². The first kappa shape index (κ1) is 22.9. The maximum atomic E-state index is 12.7. The molecule has 1 heterocycles. The van der Waals surface area contributed by atoms with Crippen LogP contribution in [0.5, 0.6) is 0 Å². The number of benzene rings is 1. The maximum absolute atomic E-state index is 12.7. The van der Waals surface area contributed by atoms with Crippen LogP contribution in [0.4, 0.5) is 0 Å². The fourth-order valence-corrected chi connectivity index (χ4v) is 5.28. The molecule has 1 N–H and O–H groups in total. The van der Waals surface area contributed by atoms with E-state index >= 15 is 0 Å². The summed E-state index contributed by atoms with van der Waals surface area (Å²) in [4.78, 5) is 12.5. The normalized spacial score (nSPS) is 17.4. The van der Waals surface area contributed by atoms with E-state index in [2.05, 4.69) is 19.2 Å². The van der Waals surface area contributed by atoms with Crippen LogP contribution in [0, 0.1) is 18.8 Å². The summed E-state index contributed by atoms with van der Waals surface area (Å²) in [6.07, 6.45) is 5.82. The zero-order valence-electron chi connectivity index (χ0n) is 17.6. The second-order valence-corrected chi connectivity index (χ2v) is 10.0. The van der Waals surface area contributed by atoms with Gasteiger partial charge < -0.3 is 5.32 Å². The number of carbonyl (C=O) groups excluding carboxylic acids is 1. The molecule has 6 heteroatoms. The molecular formula is C22H36N2O3S. The SMILES string of the molecule is CCCC[C@@H](CC)CNC(=O)C1CCN(S(=O)(=O)Cc2ccc(C)cc2)CC1. The van der Waals surface area contributed by atoms with Crippen LogP contribution in [-0.2, 0) is 20.6 Å². The lowest BCUT2D eigenvalue weighted by molar-refractivity contribution is -0.126. The first-order valence-corrected chi connectivity index (χ1v) is 12.3. The number of hydrogen-bond acceptors (Lipinski definition) is 3. The van der Waals surface area contributed by atoms with Crippen molar-refractivity contribution in [1.82, 2.24) is 9.62 Å². The number of rotatable bonds is 10. The molecule has 0 bridgehead atoms. The van der Waals surface area contributed by atoms with Crippen LogP contribution in [0.2, 0.25) is 0 Å². The van der Waals surface area contributed by atoms with Crippen molar-refractivity contribution < 1.29 is 13.2 Å². The van der Waals surface area contributed by atoms with Gasteiger partial charge in [0.1, 0.15) is 0 Å². The molecule has 0 saturated carbocycles. The Kier molecular flexibility index (Phi) is 8.96. The lowest BCUT2D eigenvalue weighted by Crippen LogP contribution is -2.44. The predicted octanol–water partition coefficient (Wildman–Crippen LogP) is 3.87. The number of amides is 1. The van der Waals surface area contributed by atoms with Gasteiger partial charge in [-0.1, -0.05) is 62.9 Å². The van der Waals surface area contributed by atoms with Crippen molar-refractivity contribution in [3.8, 4) is 0 Å². The summed E-state index contributed by atoms with van der Waals surface area (Å²) in [5.41, 5.74) is 1.93. The van der Waals surface area contributed by atoms with Crippen molar-refractivity contribution in [1.29, 1.82) is 0 Å². The van der Waals surface area contributed by atoms with E-state index in [0.717, 1.165) is 30.5 Å². The van der Waals surface area contributed by atoms with Crippen LogP contribution < -0.4 is 5.32 Å². The van der Waals surface area contributed by atoms with Gasteiger partial charge in [0.05, 0.1) is 5.75 Å². The molecular weight excluding hydrogens is 372 g/mol. The van der Waals surface area contributed by atoms with Crippen molar-refractivity contribution in [3.63, 3.8) is 0 Å². The Bertz CT molecular complexity index is 708. The van der Waals surface area contributed by atoms with Gasteiger partial charge in [-0.2, -0.15) is 0 Å². The van der Waals surface area contributed by atoms with E-state index in [9.17, 15) is 13.2 Å². The molecule has 1 aromatic carbocycles. The lowest BCUT2D eigenvalue weighted by Gasteiger charge is -2.31. The zero-order chi connectivity index (χ0) is 20.6. The highest BCUT2D eigenvalue weighted by molar-refractivity contribution is 7.88. The third-order valence-electron chi connectivity index (χ3n) is 5.80. The van der Waals surface area contributed by atoms with E-state index < -0.39 is 10.0 Å². The van der Waals surface area contributed by atoms with E-state index in [1.807, 2.05) is 31.2 Å². The molecule has 0 aliphatic carbocycles. The highest BCUT2D eigenvalue weighted by Gasteiger charge is 2.31. The molecule has 1 aliphatic rings. The Balaban J connectivity index is 1.80. The average Bonchev–Trinajstić information content (AvgIpc) is 2.69. The van der Waals surface area contributed by atoms with Gasteiger partial charge in [-0.05, 0) is 37.7 Å². The van der Waals surface area contributed by atoms with Crippen LogP contribution in [-0.4, -0.2) is 38.3 Å². The molecule has 0 unspecified atom stereocenters. The molecule has 2 rings (SSSR count). The van der Waals surface area contributed by atoms with Crippen LogP contribution in [0.15, 0.2) is 24.3 Å². The molecule has 1 aliphatic heterocycles. The van der Waals surface area contributed by atoms with Crippen molar-refractivity contribution in [2.24, 2.45) is 11.8 Å². The molecule has 28 heavy (non-hydrogen) atoms. The Morgan fingerprint density at radius 1 is 1.18 bits per heavy atom. The second kappa shape index (κ2) is 11.0.